The summed E-state index contributed by atoms with van der Waals surface area (Å²) in [5.41, 5.74) is 1.09. The molecule has 0 aromatic carbocycles. The van der Waals surface area contributed by atoms with E-state index >= 15 is 0 Å². The molecule has 0 N–H and O–H groups in total. The number of carbonyl (C=O) groups excluding carboxylic acids is 1. The first-order chi connectivity index (χ1) is 11.6. The molecule has 6 heteroatoms. The van der Waals surface area contributed by atoms with Crippen molar-refractivity contribution in [2.75, 3.05) is 47.0 Å². The lowest BCUT2D eigenvalue weighted by Crippen LogP contribution is -2.64. The second-order valence-corrected chi connectivity index (χ2v) is 6.99. The van der Waals surface area contributed by atoms with Crippen LogP contribution < -0.4 is 0 Å². The number of likely N-dealkylation sites (N-methyl/N-ethyl adjacent to an activating group) is 1. The van der Waals surface area contributed by atoms with E-state index in [0.29, 0.717) is 12.5 Å². The van der Waals surface area contributed by atoms with Crippen LogP contribution in [0.15, 0.2) is 24.4 Å². The predicted octanol–water partition coefficient (Wildman–Crippen LogP) is 1.17. The average Bonchev–Trinajstić information content (AvgIpc) is 2.95. The Hall–Kier alpha value is -1.50. The van der Waals surface area contributed by atoms with Gasteiger partial charge in [0.05, 0.1) is 11.3 Å². The summed E-state index contributed by atoms with van der Waals surface area (Å²) in [5, 5.41) is 0. The van der Waals surface area contributed by atoms with E-state index in [9.17, 15) is 4.79 Å². The van der Waals surface area contributed by atoms with Gasteiger partial charge in [-0.15, -0.1) is 0 Å². The Morgan fingerprint density at radius 3 is 3.00 bits per heavy atom. The number of pyridine rings is 1. The fourth-order valence-electron chi connectivity index (χ4n) is 3.60. The molecule has 0 saturated carbocycles. The molecule has 0 radical (unpaired) electrons. The molecule has 2 aliphatic rings. The monoisotopic (exact) mass is 333 g/mol. The average molecular weight is 333 g/mol. The minimum atomic E-state index is -0.0102. The zero-order chi connectivity index (χ0) is 17.0. The SMILES string of the molecule is CN(C)C(=O)COCC[C@@H]1CCOC12CN(Cc1ccccn1)C2. The van der Waals surface area contributed by atoms with Crippen molar-refractivity contribution in [3.05, 3.63) is 30.1 Å². The molecule has 2 aliphatic heterocycles. The third-order valence-electron chi connectivity index (χ3n) is 5.03. The van der Waals surface area contributed by atoms with Crippen molar-refractivity contribution >= 4 is 5.91 Å². The quantitative estimate of drug-likeness (QED) is 0.701. The highest BCUT2D eigenvalue weighted by Crippen LogP contribution is 2.42. The molecule has 24 heavy (non-hydrogen) atoms. The van der Waals surface area contributed by atoms with Crippen molar-refractivity contribution in [2.24, 2.45) is 5.92 Å². The molecule has 0 bridgehead atoms. The molecule has 0 unspecified atom stereocenters. The topological polar surface area (TPSA) is 54.9 Å². The number of ether oxygens (including phenoxy) is 2. The zero-order valence-corrected chi connectivity index (χ0v) is 14.6. The number of carbonyl (C=O) groups is 1. The Morgan fingerprint density at radius 2 is 2.29 bits per heavy atom. The second kappa shape index (κ2) is 7.59. The maximum absolute atomic E-state index is 11.5. The summed E-state index contributed by atoms with van der Waals surface area (Å²) in [6.07, 6.45) is 3.88. The molecule has 1 atom stereocenters. The molecule has 6 nitrogen and oxygen atoms in total. The van der Waals surface area contributed by atoms with Gasteiger partial charge in [-0.05, 0) is 30.9 Å². The molecule has 1 amide bonds. The first kappa shape index (κ1) is 17.3. The largest absolute Gasteiger partial charge is 0.372 e. The minimum absolute atomic E-state index is 0.0102. The lowest BCUT2D eigenvalue weighted by Gasteiger charge is -2.50. The molecule has 132 valence electrons. The fraction of sp³-hybridized carbons (Fsp3) is 0.667. The van der Waals surface area contributed by atoms with Crippen LogP contribution in [0.25, 0.3) is 0 Å². The zero-order valence-electron chi connectivity index (χ0n) is 14.6. The number of hydrogen-bond donors (Lipinski definition) is 0. The molecule has 1 aromatic rings. The van der Waals surface area contributed by atoms with E-state index in [2.05, 4.69) is 16.0 Å². The summed E-state index contributed by atoms with van der Waals surface area (Å²) < 4.78 is 11.6. The Bertz CT molecular complexity index is 544. The van der Waals surface area contributed by atoms with Crippen LogP contribution in [0.4, 0.5) is 0 Å². The van der Waals surface area contributed by atoms with E-state index in [-0.39, 0.29) is 18.1 Å². The third kappa shape index (κ3) is 3.94. The first-order valence-corrected chi connectivity index (χ1v) is 8.63. The van der Waals surface area contributed by atoms with Crippen molar-refractivity contribution in [1.29, 1.82) is 0 Å². The molecule has 2 fully saturated rings. The number of rotatable bonds is 7. The number of likely N-dealkylation sites (tertiary alicyclic amines) is 1. The van der Waals surface area contributed by atoms with E-state index in [1.54, 1.807) is 19.0 Å². The molecule has 2 saturated heterocycles. The minimum Gasteiger partial charge on any atom is -0.372 e. The van der Waals surface area contributed by atoms with Crippen molar-refractivity contribution in [3.8, 4) is 0 Å². The van der Waals surface area contributed by atoms with Gasteiger partial charge in [0.15, 0.2) is 0 Å². The second-order valence-electron chi connectivity index (χ2n) is 6.99. The number of amides is 1. The smallest absolute Gasteiger partial charge is 0.248 e. The molecule has 3 rings (SSSR count). The van der Waals surface area contributed by atoms with Crippen LogP contribution in [0, 0.1) is 5.92 Å². The lowest BCUT2D eigenvalue weighted by atomic mass is 9.79. The van der Waals surface area contributed by atoms with Gasteiger partial charge in [0.1, 0.15) is 6.61 Å². The molecule has 1 spiro atoms. The predicted molar refractivity (Wildman–Crippen MR) is 90.4 cm³/mol. The Balaban J connectivity index is 1.41. The van der Waals surface area contributed by atoms with Crippen molar-refractivity contribution < 1.29 is 14.3 Å². The van der Waals surface area contributed by atoms with Gasteiger partial charge in [-0.2, -0.15) is 0 Å². The Kier molecular flexibility index (Phi) is 5.48. The molecular formula is C18H27N3O3. The summed E-state index contributed by atoms with van der Waals surface area (Å²) >= 11 is 0. The van der Waals surface area contributed by atoms with Crippen molar-refractivity contribution in [1.82, 2.24) is 14.8 Å². The highest BCUT2D eigenvalue weighted by Gasteiger charge is 2.52. The van der Waals surface area contributed by atoms with E-state index < -0.39 is 0 Å². The Labute approximate surface area is 143 Å². The maximum atomic E-state index is 11.5. The third-order valence-corrected chi connectivity index (χ3v) is 5.03. The standard InChI is InChI=1S/C18H27N3O3/c1-20(2)17(22)12-23-9-6-15-7-10-24-18(15)13-21(14-18)11-16-5-3-4-8-19-16/h3-5,8,15H,6-7,9-14H2,1-2H3/t15-/m1/s1. The Morgan fingerprint density at radius 1 is 1.46 bits per heavy atom. The molecule has 0 aliphatic carbocycles. The van der Waals surface area contributed by atoms with Gasteiger partial charge >= 0.3 is 0 Å². The van der Waals surface area contributed by atoms with Crippen molar-refractivity contribution in [2.45, 2.75) is 25.0 Å². The van der Waals surface area contributed by atoms with Gasteiger partial charge in [-0.1, -0.05) is 6.07 Å². The summed E-state index contributed by atoms with van der Waals surface area (Å²) in [6, 6.07) is 6.03. The maximum Gasteiger partial charge on any atom is 0.248 e. The van der Waals surface area contributed by atoms with Crippen LogP contribution in [0.2, 0.25) is 0 Å². The van der Waals surface area contributed by atoms with Gasteiger partial charge in [0.25, 0.3) is 0 Å². The van der Waals surface area contributed by atoms with Gasteiger partial charge in [-0.3, -0.25) is 14.7 Å². The number of aromatic nitrogens is 1. The highest BCUT2D eigenvalue weighted by molar-refractivity contribution is 5.76. The highest BCUT2D eigenvalue weighted by atomic mass is 16.5. The summed E-state index contributed by atoms with van der Waals surface area (Å²) in [4.78, 5) is 19.8. The van der Waals surface area contributed by atoms with Gasteiger partial charge in [0.2, 0.25) is 5.91 Å². The van der Waals surface area contributed by atoms with Gasteiger partial charge in [0, 0.05) is 53.1 Å². The van der Waals surface area contributed by atoms with E-state index in [1.165, 1.54) is 0 Å². The first-order valence-electron chi connectivity index (χ1n) is 8.63. The molecule has 3 heterocycles. The lowest BCUT2D eigenvalue weighted by molar-refractivity contribution is -0.141. The normalized spacial score (nSPS) is 22.5. The van der Waals surface area contributed by atoms with E-state index in [0.717, 1.165) is 44.8 Å². The number of nitrogens with zero attached hydrogens (tertiary/aromatic N) is 3. The summed E-state index contributed by atoms with van der Waals surface area (Å²) in [7, 11) is 3.49. The van der Waals surface area contributed by atoms with E-state index in [4.69, 9.17) is 9.47 Å². The van der Waals surface area contributed by atoms with Crippen LogP contribution in [0.1, 0.15) is 18.5 Å². The molecular weight excluding hydrogens is 306 g/mol. The van der Waals surface area contributed by atoms with E-state index in [1.807, 2.05) is 18.3 Å². The van der Waals surface area contributed by atoms with Gasteiger partial charge in [-0.25, -0.2) is 0 Å². The van der Waals surface area contributed by atoms with Crippen LogP contribution in [0.3, 0.4) is 0 Å². The van der Waals surface area contributed by atoms with Crippen LogP contribution in [0.5, 0.6) is 0 Å². The molecule has 1 aromatic heterocycles. The number of hydrogen-bond acceptors (Lipinski definition) is 5. The summed E-state index contributed by atoms with van der Waals surface area (Å²) in [6.45, 7) is 4.43. The fourth-order valence-corrected chi connectivity index (χ4v) is 3.60. The van der Waals surface area contributed by atoms with Crippen LogP contribution in [-0.2, 0) is 20.8 Å². The van der Waals surface area contributed by atoms with Crippen LogP contribution in [-0.4, -0.2) is 73.3 Å². The van der Waals surface area contributed by atoms with Gasteiger partial charge < -0.3 is 14.4 Å². The van der Waals surface area contributed by atoms with Crippen LogP contribution >= 0.6 is 0 Å². The van der Waals surface area contributed by atoms with Crippen molar-refractivity contribution in [3.63, 3.8) is 0 Å². The summed E-state index contributed by atoms with van der Waals surface area (Å²) in [5.74, 6) is 0.532.